The van der Waals surface area contributed by atoms with Gasteiger partial charge >= 0.3 is 5.97 Å². The molecule has 0 aromatic heterocycles. The quantitative estimate of drug-likeness (QED) is 0.505. The summed E-state index contributed by atoms with van der Waals surface area (Å²) in [6.45, 7) is 0. The van der Waals surface area contributed by atoms with Gasteiger partial charge in [-0.15, -0.1) is 0 Å². The fourth-order valence-electron chi connectivity index (χ4n) is 1.32. The van der Waals surface area contributed by atoms with Gasteiger partial charge in [-0.2, -0.15) is 0 Å². The van der Waals surface area contributed by atoms with Crippen molar-refractivity contribution in [1.82, 2.24) is 0 Å². The second kappa shape index (κ2) is 8.89. The molecule has 0 aliphatic carbocycles. The van der Waals surface area contributed by atoms with Crippen molar-refractivity contribution < 1.29 is 14.7 Å². The van der Waals surface area contributed by atoms with Crippen LogP contribution >= 0.6 is 66.7 Å². The van der Waals surface area contributed by atoms with Gasteiger partial charge in [0.25, 0.3) is 5.24 Å². The van der Waals surface area contributed by atoms with Gasteiger partial charge in [-0.1, -0.05) is 35.3 Å². The molecule has 0 saturated heterocycles. The Bertz CT molecular complexity index is 659. The number of rotatable bonds is 2. The summed E-state index contributed by atoms with van der Waals surface area (Å²) in [6, 6.07) is 9.78. The Morgan fingerprint density at radius 1 is 0.864 bits per heavy atom. The van der Waals surface area contributed by atoms with Crippen molar-refractivity contribution in [3.05, 3.63) is 66.5 Å². The van der Waals surface area contributed by atoms with Crippen molar-refractivity contribution in [2.45, 2.75) is 0 Å². The van der Waals surface area contributed by atoms with E-state index < -0.39 is 11.2 Å². The molecule has 0 amide bonds. The van der Waals surface area contributed by atoms with Crippen LogP contribution in [0.1, 0.15) is 20.7 Å². The summed E-state index contributed by atoms with van der Waals surface area (Å²) in [5.74, 6) is -1.02. The Balaban J connectivity index is 0.000000220. The molecule has 22 heavy (non-hydrogen) atoms. The van der Waals surface area contributed by atoms with Gasteiger partial charge in [0, 0.05) is 8.95 Å². The van der Waals surface area contributed by atoms with Crippen LogP contribution < -0.4 is 0 Å². The standard InChI is InChI=1S/C7H3BrCl2O.C7H4BrClO2/c2*8-5-3-1-2-4(6(5)9)7(10)11/h1-3H;1-3H,(H,10,11). The number of halogens is 5. The highest BCUT2D eigenvalue weighted by Crippen LogP contribution is 2.27. The third kappa shape index (κ3) is 5.25. The van der Waals surface area contributed by atoms with Crippen LogP contribution in [0.2, 0.25) is 10.0 Å². The molecule has 0 atom stereocenters. The fourth-order valence-corrected chi connectivity index (χ4v) is 2.68. The second-order valence-corrected chi connectivity index (χ2v) is 6.59. The SMILES string of the molecule is O=C(Cl)c1cccc(Br)c1Cl.O=C(O)c1cccc(Br)c1Cl. The van der Waals surface area contributed by atoms with Gasteiger partial charge in [-0.25, -0.2) is 4.79 Å². The number of hydrogen-bond donors (Lipinski definition) is 1. The molecule has 0 spiro atoms. The lowest BCUT2D eigenvalue weighted by Crippen LogP contribution is -1.96. The topological polar surface area (TPSA) is 54.4 Å². The van der Waals surface area contributed by atoms with E-state index in [2.05, 4.69) is 31.9 Å². The maximum absolute atomic E-state index is 10.7. The van der Waals surface area contributed by atoms with Crippen molar-refractivity contribution in [2.24, 2.45) is 0 Å². The first-order valence-corrected chi connectivity index (χ1v) is 8.28. The van der Waals surface area contributed by atoms with Gasteiger partial charge in [-0.05, 0) is 67.7 Å². The highest BCUT2D eigenvalue weighted by atomic mass is 79.9. The van der Waals surface area contributed by atoms with E-state index in [0.29, 0.717) is 19.5 Å². The summed E-state index contributed by atoms with van der Waals surface area (Å²) in [5.41, 5.74) is 0.434. The predicted molar refractivity (Wildman–Crippen MR) is 95.4 cm³/mol. The number of aromatic carboxylic acids is 1. The van der Waals surface area contributed by atoms with Crippen LogP contribution in [0.4, 0.5) is 0 Å². The lowest BCUT2D eigenvalue weighted by Gasteiger charge is -1.98. The molecule has 0 saturated carbocycles. The molecule has 2 aromatic rings. The van der Waals surface area contributed by atoms with Crippen LogP contribution in [0, 0.1) is 0 Å². The monoisotopic (exact) mass is 486 g/mol. The summed E-state index contributed by atoms with van der Waals surface area (Å²) in [4.78, 5) is 21.1. The first-order valence-electron chi connectivity index (χ1n) is 5.56. The van der Waals surface area contributed by atoms with E-state index in [1.807, 2.05) is 0 Å². The van der Waals surface area contributed by atoms with Crippen LogP contribution in [-0.2, 0) is 0 Å². The molecule has 0 heterocycles. The van der Waals surface area contributed by atoms with Crippen LogP contribution in [0.15, 0.2) is 45.3 Å². The third-order valence-corrected chi connectivity index (χ3v) is 5.14. The molecule has 0 bridgehead atoms. The Labute approximate surface area is 158 Å². The smallest absolute Gasteiger partial charge is 0.337 e. The Hall–Kier alpha value is -0.590. The van der Waals surface area contributed by atoms with Gasteiger partial charge in [-0.3, -0.25) is 4.79 Å². The minimum atomic E-state index is -1.02. The molecule has 0 radical (unpaired) electrons. The van der Waals surface area contributed by atoms with E-state index in [-0.39, 0.29) is 10.6 Å². The average molecular weight is 489 g/mol. The number of carboxylic acids is 1. The molecule has 3 nitrogen and oxygen atoms in total. The molecular weight excluding hydrogens is 482 g/mol. The Kier molecular flexibility index (Phi) is 7.86. The minimum Gasteiger partial charge on any atom is -0.478 e. The number of carbonyl (C=O) groups is 2. The molecule has 8 heteroatoms. The van der Waals surface area contributed by atoms with E-state index in [4.69, 9.17) is 39.9 Å². The zero-order valence-electron chi connectivity index (χ0n) is 10.6. The summed E-state index contributed by atoms with van der Waals surface area (Å²) in [6.07, 6.45) is 0. The van der Waals surface area contributed by atoms with E-state index in [9.17, 15) is 9.59 Å². The van der Waals surface area contributed by atoms with Gasteiger partial charge < -0.3 is 5.11 Å². The molecule has 0 aliphatic heterocycles. The van der Waals surface area contributed by atoms with Crippen molar-refractivity contribution in [2.75, 3.05) is 0 Å². The van der Waals surface area contributed by atoms with Crippen molar-refractivity contribution in [3.63, 3.8) is 0 Å². The predicted octanol–water partition coefficient (Wildman–Crippen LogP) is 6.28. The summed E-state index contributed by atoms with van der Waals surface area (Å²) in [7, 11) is 0. The molecule has 0 aliphatic rings. The van der Waals surface area contributed by atoms with Gasteiger partial charge in [0.1, 0.15) is 0 Å². The number of carbonyl (C=O) groups excluding carboxylic acids is 1. The van der Waals surface area contributed by atoms with Gasteiger partial charge in [0.05, 0.1) is 21.2 Å². The molecule has 0 unspecified atom stereocenters. The molecule has 1 N–H and O–H groups in total. The third-order valence-electron chi connectivity index (χ3n) is 2.35. The van der Waals surface area contributed by atoms with Crippen molar-refractivity contribution in [3.8, 4) is 0 Å². The normalized spacial score (nSPS) is 9.68. The van der Waals surface area contributed by atoms with Crippen LogP contribution in [0.25, 0.3) is 0 Å². The van der Waals surface area contributed by atoms with E-state index >= 15 is 0 Å². The van der Waals surface area contributed by atoms with E-state index in [1.165, 1.54) is 6.07 Å². The first kappa shape index (κ1) is 19.5. The summed E-state index contributed by atoms with van der Waals surface area (Å²) >= 11 is 22.9. The summed E-state index contributed by atoms with van der Waals surface area (Å²) in [5, 5.41) is 8.63. The van der Waals surface area contributed by atoms with Gasteiger partial charge in [0.15, 0.2) is 0 Å². The molecule has 2 rings (SSSR count). The highest BCUT2D eigenvalue weighted by molar-refractivity contribution is 9.10. The Morgan fingerprint density at radius 2 is 1.27 bits per heavy atom. The van der Waals surface area contributed by atoms with E-state index in [1.54, 1.807) is 30.3 Å². The van der Waals surface area contributed by atoms with Gasteiger partial charge in [0.2, 0.25) is 0 Å². The minimum absolute atomic E-state index is 0.112. The van der Waals surface area contributed by atoms with Crippen molar-refractivity contribution >= 4 is 77.9 Å². The maximum atomic E-state index is 10.7. The van der Waals surface area contributed by atoms with Crippen LogP contribution in [0.5, 0.6) is 0 Å². The molecular formula is C14H7Br2Cl3O3. The molecule has 0 fully saturated rings. The first-order chi connectivity index (χ1) is 10.3. The lowest BCUT2D eigenvalue weighted by molar-refractivity contribution is 0.0697. The van der Waals surface area contributed by atoms with Crippen molar-refractivity contribution in [1.29, 1.82) is 0 Å². The fraction of sp³-hybridized carbons (Fsp3) is 0. The number of benzene rings is 2. The zero-order chi connectivity index (χ0) is 16.9. The lowest BCUT2D eigenvalue weighted by atomic mass is 10.2. The van der Waals surface area contributed by atoms with Crippen LogP contribution in [-0.4, -0.2) is 16.3 Å². The van der Waals surface area contributed by atoms with E-state index in [0.717, 1.165) is 0 Å². The largest absolute Gasteiger partial charge is 0.478 e. The Morgan fingerprint density at radius 3 is 1.59 bits per heavy atom. The summed E-state index contributed by atoms with van der Waals surface area (Å²) < 4.78 is 1.27. The van der Waals surface area contributed by atoms with Crippen LogP contribution in [0.3, 0.4) is 0 Å². The molecule has 116 valence electrons. The highest BCUT2D eigenvalue weighted by Gasteiger charge is 2.09. The zero-order valence-corrected chi connectivity index (χ0v) is 16.1. The number of hydrogen-bond acceptors (Lipinski definition) is 2. The second-order valence-electron chi connectivity index (χ2n) is 3.78. The average Bonchev–Trinajstić information content (AvgIpc) is 2.45. The number of carboxylic acid groups (broad SMARTS) is 1. The maximum Gasteiger partial charge on any atom is 0.337 e. The molecule has 2 aromatic carbocycles.